The molecule has 1 aromatic carbocycles. The molecule has 4 aliphatic rings. The van der Waals surface area contributed by atoms with Crippen molar-refractivity contribution in [3.8, 4) is 22.8 Å². The van der Waals surface area contributed by atoms with Crippen molar-refractivity contribution in [2.45, 2.75) is 83.4 Å². The Kier molecular flexibility index (Phi) is 7.98. The van der Waals surface area contributed by atoms with Crippen LogP contribution in [0.25, 0.3) is 11.1 Å². The molecule has 2 aromatic heterocycles. The average molecular weight is 617 g/mol. The smallest absolute Gasteiger partial charge is 0.282 e. The van der Waals surface area contributed by atoms with Crippen LogP contribution in [0, 0.1) is 23.1 Å². The Bertz CT molecular complexity index is 1510. The van der Waals surface area contributed by atoms with E-state index in [9.17, 15) is 9.50 Å². The van der Waals surface area contributed by atoms with Crippen LogP contribution in [0.15, 0.2) is 37.1 Å². The van der Waals surface area contributed by atoms with Gasteiger partial charge in [0.1, 0.15) is 24.2 Å². The fourth-order valence-corrected chi connectivity index (χ4v) is 7.84. The number of ether oxygens (including phenoxy) is 1. The Balaban J connectivity index is 1.03. The number of hydrogen-bond acceptors (Lipinski definition) is 10. The lowest BCUT2D eigenvalue weighted by molar-refractivity contribution is -0.0700. The van der Waals surface area contributed by atoms with Crippen molar-refractivity contribution in [2.24, 2.45) is 17.3 Å². The van der Waals surface area contributed by atoms with Crippen LogP contribution in [0.5, 0.6) is 11.6 Å². The van der Waals surface area contributed by atoms with Gasteiger partial charge in [-0.05, 0) is 76.0 Å². The second kappa shape index (κ2) is 11.8. The monoisotopic (exact) mass is 616 g/mol. The second-order valence-electron chi connectivity index (χ2n) is 14.9. The van der Waals surface area contributed by atoms with Crippen molar-refractivity contribution in [1.82, 2.24) is 35.4 Å². The highest BCUT2D eigenvalue weighted by Crippen LogP contribution is 2.48. The maximum absolute atomic E-state index is 14.5. The van der Waals surface area contributed by atoms with Gasteiger partial charge in [0.25, 0.3) is 5.88 Å². The van der Waals surface area contributed by atoms with E-state index in [4.69, 9.17) is 4.74 Å². The van der Waals surface area contributed by atoms with E-state index >= 15 is 0 Å². The summed E-state index contributed by atoms with van der Waals surface area (Å²) in [6.07, 6.45) is 10.3. The summed E-state index contributed by atoms with van der Waals surface area (Å²) in [5, 5.41) is 22.0. The zero-order valence-corrected chi connectivity index (χ0v) is 26.8. The predicted molar refractivity (Wildman–Crippen MR) is 170 cm³/mol. The van der Waals surface area contributed by atoms with Crippen LogP contribution in [-0.2, 0) is 0 Å². The fourth-order valence-electron chi connectivity index (χ4n) is 7.84. The molecule has 240 valence electrons. The zero-order valence-electron chi connectivity index (χ0n) is 26.8. The molecule has 4 heterocycles. The van der Waals surface area contributed by atoms with E-state index in [1.54, 1.807) is 18.6 Å². The normalized spacial score (nSPS) is 23.7. The lowest BCUT2D eigenvalue weighted by Gasteiger charge is -2.57. The summed E-state index contributed by atoms with van der Waals surface area (Å²) in [5.74, 6) is 2.77. The third kappa shape index (κ3) is 6.39. The quantitative estimate of drug-likeness (QED) is 0.311. The molecule has 2 aliphatic carbocycles. The van der Waals surface area contributed by atoms with Gasteiger partial charge in [-0.25, -0.2) is 19.3 Å². The molecule has 2 saturated heterocycles. The summed E-state index contributed by atoms with van der Waals surface area (Å²) >= 11 is 0. The average Bonchev–Trinajstić information content (AvgIpc) is 3.72. The Morgan fingerprint density at radius 2 is 1.91 bits per heavy atom. The molecule has 2 aliphatic heterocycles. The van der Waals surface area contributed by atoms with Gasteiger partial charge in [-0.15, -0.1) is 10.2 Å². The van der Waals surface area contributed by atoms with E-state index in [-0.39, 0.29) is 11.2 Å². The third-order valence-corrected chi connectivity index (χ3v) is 10.1. The second-order valence-corrected chi connectivity index (χ2v) is 14.9. The SMILES string of the molecule is CC(C)C(C1CC(NCC(C)(C)O)C1)N1CC2(CCN(c3ncnnc3Oc3ccc(F)cc3-c3cncnc3C3CC3)C2)C1. The zero-order chi connectivity index (χ0) is 31.3. The topological polar surface area (TPSA) is 112 Å². The van der Waals surface area contributed by atoms with Crippen LogP contribution < -0.4 is 15.0 Å². The maximum Gasteiger partial charge on any atom is 0.282 e. The first-order chi connectivity index (χ1) is 21.6. The van der Waals surface area contributed by atoms with Crippen molar-refractivity contribution < 1.29 is 14.2 Å². The first-order valence-corrected chi connectivity index (χ1v) is 16.5. The number of aromatic nitrogens is 5. The molecule has 1 spiro atoms. The highest BCUT2D eigenvalue weighted by atomic mass is 19.1. The van der Waals surface area contributed by atoms with Gasteiger partial charge < -0.3 is 20.1 Å². The minimum Gasteiger partial charge on any atom is -0.434 e. The number of likely N-dealkylation sites (tertiary alicyclic amines) is 1. The van der Waals surface area contributed by atoms with Crippen LogP contribution in [0.4, 0.5) is 10.2 Å². The van der Waals surface area contributed by atoms with Gasteiger partial charge in [-0.1, -0.05) is 13.8 Å². The fraction of sp³-hybridized carbons (Fsp3) is 0.618. The number of rotatable bonds is 11. The highest BCUT2D eigenvalue weighted by Gasteiger charge is 2.53. The first-order valence-electron chi connectivity index (χ1n) is 16.5. The van der Waals surface area contributed by atoms with Crippen LogP contribution in [0.1, 0.15) is 71.4 Å². The molecule has 11 heteroatoms. The van der Waals surface area contributed by atoms with Crippen molar-refractivity contribution in [3.63, 3.8) is 0 Å². The summed E-state index contributed by atoms with van der Waals surface area (Å²) in [4.78, 5) is 18.4. The summed E-state index contributed by atoms with van der Waals surface area (Å²) in [6, 6.07) is 5.59. The van der Waals surface area contributed by atoms with Crippen molar-refractivity contribution >= 4 is 5.82 Å². The molecule has 0 bridgehead atoms. The molecule has 45 heavy (non-hydrogen) atoms. The molecule has 7 rings (SSSR count). The number of hydrogen-bond donors (Lipinski definition) is 2. The molecule has 2 saturated carbocycles. The van der Waals surface area contributed by atoms with Gasteiger partial charge in [-0.2, -0.15) is 0 Å². The Morgan fingerprint density at radius 3 is 2.64 bits per heavy atom. The Hall–Kier alpha value is -3.28. The molecule has 4 fully saturated rings. The van der Waals surface area contributed by atoms with Crippen LogP contribution in [0.3, 0.4) is 0 Å². The van der Waals surface area contributed by atoms with Crippen molar-refractivity contribution in [2.75, 3.05) is 37.6 Å². The van der Waals surface area contributed by atoms with E-state index in [2.05, 4.69) is 54.1 Å². The molecular formula is C34H45FN8O2. The Labute approximate surface area is 264 Å². The lowest BCUT2D eigenvalue weighted by atomic mass is 9.68. The maximum atomic E-state index is 14.5. The predicted octanol–water partition coefficient (Wildman–Crippen LogP) is 4.81. The molecule has 1 atom stereocenters. The number of benzene rings is 1. The first kappa shape index (κ1) is 30.4. The minimum atomic E-state index is -0.678. The van der Waals surface area contributed by atoms with Gasteiger partial charge >= 0.3 is 0 Å². The summed E-state index contributed by atoms with van der Waals surface area (Å²) in [6.45, 7) is 13.0. The number of nitrogens with one attached hydrogen (secondary N) is 1. The minimum absolute atomic E-state index is 0.221. The summed E-state index contributed by atoms with van der Waals surface area (Å²) in [5.41, 5.74) is 1.86. The number of nitrogens with zero attached hydrogens (tertiary/aromatic N) is 7. The molecule has 10 nitrogen and oxygen atoms in total. The van der Waals surface area contributed by atoms with Crippen LogP contribution in [-0.4, -0.2) is 85.6 Å². The largest absolute Gasteiger partial charge is 0.434 e. The van der Waals surface area contributed by atoms with E-state index in [0.717, 1.165) is 56.7 Å². The van der Waals surface area contributed by atoms with Gasteiger partial charge in [0.05, 0.1) is 11.3 Å². The molecule has 2 N–H and O–H groups in total. The highest BCUT2D eigenvalue weighted by molar-refractivity contribution is 5.73. The molecule has 0 amide bonds. The van der Waals surface area contributed by atoms with Crippen molar-refractivity contribution in [1.29, 1.82) is 0 Å². The van der Waals surface area contributed by atoms with Crippen LogP contribution >= 0.6 is 0 Å². The van der Waals surface area contributed by atoms with E-state index in [1.807, 2.05) is 13.8 Å². The molecule has 0 radical (unpaired) electrons. The standard InChI is InChI=1S/C34H45FN8O2/c1-21(2)30(23-11-25(12-23)37-15-33(3,4)44)43-17-34(18-43)9-10-42(16-34)31-32(41-40-20-39-31)45-28-8-7-24(35)13-26(28)27-14-36-19-38-29(27)22-5-6-22/h7-8,13-14,19-23,25,30,37,44H,5-6,9-12,15-18H2,1-4H3. The third-order valence-electron chi connectivity index (χ3n) is 10.1. The Morgan fingerprint density at radius 1 is 1.11 bits per heavy atom. The number of anilines is 1. The number of aliphatic hydroxyl groups is 1. The number of halogens is 1. The van der Waals surface area contributed by atoms with Gasteiger partial charge in [0, 0.05) is 73.5 Å². The molecular weight excluding hydrogens is 571 g/mol. The van der Waals surface area contributed by atoms with E-state index in [0.29, 0.717) is 59.4 Å². The van der Waals surface area contributed by atoms with Crippen LogP contribution in [0.2, 0.25) is 0 Å². The van der Waals surface area contributed by atoms with Gasteiger partial charge in [0.2, 0.25) is 0 Å². The van der Waals surface area contributed by atoms with Gasteiger partial charge in [-0.3, -0.25) is 4.90 Å². The van der Waals surface area contributed by atoms with E-state index in [1.165, 1.54) is 31.3 Å². The summed E-state index contributed by atoms with van der Waals surface area (Å²) in [7, 11) is 0. The van der Waals surface area contributed by atoms with Gasteiger partial charge in [0.15, 0.2) is 5.82 Å². The molecule has 1 unspecified atom stereocenters. The molecule has 3 aromatic rings. The summed E-state index contributed by atoms with van der Waals surface area (Å²) < 4.78 is 20.9. The van der Waals surface area contributed by atoms with Crippen molar-refractivity contribution in [3.05, 3.63) is 48.6 Å². The van der Waals surface area contributed by atoms with E-state index < -0.39 is 5.60 Å². The lowest BCUT2D eigenvalue weighted by Crippen LogP contribution is -2.65.